The van der Waals surface area contributed by atoms with E-state index in [4.69, 9.17) is 18.9 Å². The highest BCUT2D eigenvalue weighted by Gasteiger charge is 2.58. The first-order valence-corrected chi connectivity index (χ1v) is 11.6. The molecule has 3 rings (SSSR count). The van der Waals surface area contributed by atoms with E-state index in [0.717, 1.165) is 12.8 Å². The van der Waals surface area contributed by atoms with Crippen molar-refractivity contribution in [2.45, 2.75) is 88.3 Å². The molecule has 8 nitrogen and oxygen atoms in total. The molecule has 0 N–H and O–H groups in total. The number of ether oxygens (including phenoxy) is 4. The highest BCUT2D eigenvalue weighted by Crippen LogP contribution is 2.41. The molecule has 5 atom stereocenters. The number of esters is 1. The minimum absolute atomic E-state index is 0.00991. The minimum atomic E-state index is -3.69. The van der Waals surface area contributed by atoms with Crippen molar-refractivity contribution < 1.29 is 32.2 Å². The van der Waals surface area contributed by atoms with Gasteiger partial charge in [-0.05, 0) is 38.8 Å². The van der Waals surface area contributed by atoms with Gasteiger partial charge in [0.25, 0.3) is 0 Å². The molecule has 0 bridgehead atoms. The normalized spacial score (nSPS) is 29.4. The SMILES string of the molecule is CCCC[C@@H](OC(C)=O)[C@@H]1O[C@H](CS(=O)(=O)c2ccccn2)[C@@H]2OC(C)(C)O[C@H]12. The standard InChI is InChI=1S/C20H29NO7S/c1-5-6-9-14(25-13(2)22)17-19-18(27-20(3,4)28-19)15(26-17)12-29(23,24)16-10-7-8-11-21-16/h7-8,10-11,14-15,17-19H,5-6,9,12H2,1-4H3/t14-,15-,17+,18+,19-/m1/s1. The number of hydrogen-bond donors (Lipinski definition) is 0. The summed E-state index contributed by atoms with van der Waals surface area (Å²) in [5.41, 5.74) is 0. The molecule has 0 radical (unpaired) electrons. The van der Waals surface area contributed by atoms with Crippen LogP contribution in [-0.2, 0) is 33.6 Å². The number of pyridine rings is 1. The quantitative estimate of drug-likeness (QED) is 0.583. The lowest BCUT2D eigenvalue weighted by molar-refractivity contribution is -0.200. The molecule has 0 saturated carbocycles. The lowest BCUT2D eigenvalue weighted by Gasteiger charge is -2.28. The van der Waals surface area contributed by atoms with Crippen molar-refractivity contribution in [2.75, 3.05) is 5.75 Å². The molecule has 2 aliphatic heterocycles. The van der Waals surface area contributed by atoms with Crippen molar-refractivity contribution in [3.8, 4) is 0 Å². The summed E-state index contributed by atoms with van der Waals surface area (Å²) in [5, 5.41) is -0.00991. The van der Waals surface area contributed by atoms with E-state index < -0.39 is 52.1 Å². The van der Waals surface area contributed by atoms with Gasteiger partial charge in [-0.15, -0.1) is 0 Å². The van der Waals surface area contributed by atoms with Crippen LogP contribution in [0, 0.1) is 0 Å². The predicted molar refractivity (Wildman–Crippen MR) is 104 cm³/mol. The molecule has 0 aliphatic carbocycles. The third-order valence-corrected chi connectivity index (χ3v) is 6.70. The second-order valence-electron chi connectivity index (χ2n) is 7.94. The maximum absolute atomic E-state index is 12.8. The molecule has 0 amide bonds. The first kappa shape index (κ1) is 22.1. The first-order valence-electron chi connectivity index (χ1n) is 9.95. The van der Waals surface area contributed by atoms with E-state index >= 15 is 0 Å². The van der Waals surface area contributed by atoms with Crippen molar-refractivity contribution in [3.63, 3.8) is 0 Å². The largest absolute Gasteiger partial charge is 0.460 e. The molecule has 0 unspecified atom stereocenters. The van der Waals surface area contributed by atoms with Crippen molar-refractivity contribution in [3.05, 3.63) is 24.4 Å². The van der Waals surface area contributed by atoms with Gasteiger partial charge in [0.05, 0.1) is 5.75 Å². The molecular weight excluding hydrogens is 398 g/mol. The zero-order valence-corrected chi connectivity index (χ0v) is 18.1. The average Bonchev–Trinajstić information content (AvgIpc) is 3.12. The Hall–Kier alpha value is -1.55. The van der Waals surface area contributed by atoms with Gasteiger partial charge >= 0.3 is 5.97 Å². The molecule has 1 aromatic heterocycles. The van der Waals surface area contributed by atoms with E-state index in [1.807, 2.05) is 6.92 Å². The summed E-state index contributed by atoms with van der Waals surface area (Å²) >= 11 is 0. The van der Waals surface area contributed by atoms with Crippen molar-refractivity contribution >= 4 is 15.8 Å². The lowest BCUT2D eigenvalue weighted by atomic mass is 10.0. The molecule has 0 spiro atoms. The Morgan fingerprint density at radius 2 is 2.00 bits per heavy atom. The Kier molecular flexibility index (Phi) is 6.62. The van der Waals surface area contributed by atoms with E-state index in [-0.39, 0.29) is 10.8 Å². The van der Waals surface area contributed by atoms with Crippen LogP contribution in [0.15, 0.2) is 29.4 Å². The Bertz CT molecular complexity index is 811. The van der Waals surface area contributed by atoms with Gasteiger partial charge in [-0.1, -0.05) is 19.4 Å². The number of aromatic nitrogens is 1. The summed E-state index contributed by atoms with van der Waals surface area (Å²) in [7, 11) is -3.69. The second kappa shape index (κ2) is 8.67. The maximum Gasteiger partial charge on any atom is 0.302 e. The number of fused-ring (bicyclic) bond motifs is 1. The number of sulfone groups is 1. The van der Waals surface area contributed by atoms with E-state index in [0.29, 0.717) is 6.42 Å². The van der Waals surface area contributed by atoms with Crippen LogP contribution < -0.4 is 0 Å². The summed E-state index contributed by atoms with van der Waals surface area (Å²) in [6, 6.07) is 4.74. The van der Waals surface area contributed by atoms with Crippen LogP contribution in [0.2, 0.25) is 0 Å². The smallest absolute Gasteiger partial charge is 0.302 e. The molecule has 2 fully saturated rings. The van der Waals surface area contributed by atoms with Crippen LogP contribution in [0.5, 0.6) is 0 Å². The Morgan fingerprint density at radius 3 is 2.62 bits per heavy atom. The van der Waals surface area contributed by atoms with Gasteiger partial charge in [0.15, 0.2) is 20.7 Å². The summed E-state index contributed by atoms with van der Waals surface area (Å²) in [4.78, 5) is 15.6. The molecule has 29 heavy (non-hydrogen) atoms. The Labute approximate surface area is 171 Å². The van der Waals surface area contributed by atoms with E-state index in [2.05, 4.69) is 4.98 Å². The molecule has 162 valence electrons. The van der Waals surface area contributed by atoms with Crippen molar-refractivity contribution in [1.29, 1.82) is 0 Å². The fraction of sp³-hybridized carbons (Fsp3) is 0.700. The van der Waals surface area contributed by atoms with Crippen LogP contribution in [-0.4, -0.2) is 61.4 Å². The number of carbonyl (C=O) groups excluding carboxylic acids is 1. The van der Waals surface area contributed by atoms with E-state index in [1.165, 1.54) is 19.2 Å². The molecule has 0 aromatic carbocycles. The fourth-order valence-electron chi connectivity index (χ4n) is 3.89. The van der Waals surface area contributed by atoms with E-state index in [1.54, 1.807) is 26.0 Å². The molecule has 9 heteroatoms. The molecule has 2 saturated heterocycles. The van der Waals surface area contributed by atoms with Crippen molar-refractivity contribution in [2.24, 2.45) is 0 Å². The fourth-order valence-corrected chi connectivity index (χ4v) is 5.27. The van der Waals surface area contributed by atoms with Gasteiger partial charge in [-0.25, -0.2) is 13.4 Å². The van der Waals surface area contributed by atoms with Gasteiger partial charge in [-0.2, -0.15) is 0 Å². The predicted octanol–water partition coefficient (Wildman–Crippen LogP) is 2.26. The van der Waals surface area contributed by atoms with Crippen LogP contribution in [0.3, 0.4) is 0 Å². The number of rotatable bonds is 8. The monoisotopic (exact) mass is 427 g/mol. The van der Waals surface area contributed by atoms with Gasteiger partial charge in [0, 0.05) is 13.1 Å². The van der Waals surface area contributed by atoms with Crippen LogP contribution >= 0.6 is 0 Å². The highest BCUT2D eigenvalue weighted by molar-refractivity contribution is 7.91. The number of nitrogens with zero attached hydrogens (tertiary/aromatic N) is 1. The number of unbranched alkanes of at least 4 members (excludes halogenated alkanes) is 1. The second-order valence-corrected chi connectivity index (χ2v) is 9.92. The summed E-state index contributed by atoms with van der Waals surface area (Å²) in [5.74, 6) is -1.58. The zero-order chi connectivity index (χ0) is 21.2. The van der Waals surface area contributed by atoms with Crippen molar-refractivity contribution in [1.82, 2.24) is 4.98 Å². The number of hydrogen-bond acceptors (Lipinski definition) is 8. The Morgan fingerprint density at radius 1 is 1.28 bits per heavy atom. The lowest BCUT2D eigenvalue weighted by Crippen LogP contribution is -2.41. The molecule has 3 heterocycles. The number of carbonyl (C=O) groups is 1. The Balaban J connectivity index is 1.84. The maximum atomic E-state index is 12.8. The van der Waals surface area contributed by atoms with Gasteiger partial charge in [-0.3, -0.25) is 4.79 Å². The third-order valence-electron chi connectivity index (χ3n) is 5.05. The average molecular weight is 428 g/mol. The van der Waals surface area contributed by atoms with Gasteiger partial charge in [0.1, 0.15) is 30.5 Å². The van der Waals surface area contributed by atoms with E-state index in [9.17, 15) is 13.2 Å². The van der Waals surface area contributed by atoms with Crippen LogP contribution in [0.25, 0.3) is 0 Å². The topological polar surface area (TPSA) is 101 Å². The highest BCUT2D eigenvalue weighted by atomic mass is 32.2. The summed E-state index contributed by atoms with van der Waals surface area (Å²) in [6.07, 6.45) is 0.846. The molecule has 2 aliphatic rings. The first-order chi connectivity index (χ1) is 13.6. The molecule has 1 aromatic rings. The minimum Gasteiger partial charge on any atom is -0.460 e. The van der Waals surface area contributed by atoms with Crippen LogP contribution in [0.1, 0.15) is 47.0 Å². The molecular formula is C20H29NO7S. The zero-order valence-electron chi connectivity index (χ0n) is 17.2. The van der Waals surface area contributed by atoms with Gasteiger partial charge < -0.3 is 18.9 Å². The van der Waals surface area contributed by atoms with Gasteiger partial charge in [0.2, 0.25) is 0 Å². The summed E-state index contributed by atoms with van der Waals surface area (Å²) in [6.45, 7) is 6.95. The summed E-state index contributed by atoms with van der Waals surface area (Å²) < 4.78 is 49.3. The van der Waals surface area contributed by atoms with Crippen LogP contribution in [0.4, 0.5) is 0 Å². The third kappa shape index (κ3) is 5.14.